The Morgan fingerprint density at radius 1 is 1.10 bits per heavy atom. The van der Waals surface area contributed by atoms with E-state index < -0.39 is 0 Å². The van der Waals surface area contributed by atoms with E-state index in [2.05, 4.69) is 52.5 Å². The van der Waals surface area contributed by atoms with Crippen LogP contribution in [0.15, 0.2) is 41.8 Å². The zero-order chi connectivity index (χ0) is 21.2. The third-order valence-corrected chi connectivity index (χ3v) is 8.56. The molecular weight excluding hydrogens is 424 g/mol. The second-order valence-electron chi connectivity index (χ2n) is 8.36. The Bertz CT molecular complexity index is 1050. The molecule has 7 heteroatoms. The summed E-state index contributed by atoms with van der Waals surface area (Å²) in [5.41, 5.74) is 2.21. The van der Waals surface area contributed by atoms with Gasteiger partial charge in [0.1, 0.15) is 0 Å². The number of aromatic nitrogens is 2. The second kappa shape index (κ2) is 9.18. The highest BCUT2D eigenvalue weighted by molar-refractivity contribution is 7.18. The first kappa shape index (κ1) is 20.8. The van der Waals surface area contributed by atoms with Crippen molar-refractivity contribution < 1.29 is 4.79 Å². The molecule has 2 aliphatic rings. The highest BCUT2D eigenvalue weighted by atomic mass is 32.1. The van der Waals surface area contributed by atoms with E-state index in [1.807, 2.05) is 6.07 Å². The van der Waals surface area contributed by atoms with Crippen LogP contribution in [-0.4, -0.2) is 51.9 Å². The molecule has 5 rings (SSSR count). The van der Waals surface area contributed by atoms with E-state index >= 15 is 0 Å². The van der Waals surface area contributed by atoms with Crippen molar-refractivity contribution in [1.29, 1.82) is 0 Å². The molecular formula is C24H28N4OS2. The van der Waals surface area contributed by atoms with Crippen LogP contribution in [-0.2, 0) is 17.8 Å². The lowest BCUT2D eigenvalue weighted by molar-refractivity contribution is -0.138. The van der Waals surface area contributed by atoms with Crippen molar-refractivity contribution in [3.8, 4) is 0 Å². The average Bonchev–Trinajstić information content (AvgIpc) is 3.46. The largest absolute Gasteiger partial charge is 0.340 e. The molecule has 1 aliphatic carbocycles. The zero-order valence-corrected chi connectivity index (χ0v) is 19.5. The quantitative estimate of drug-likeness (QED) is 0.526. The number of rotatable bonds is 5. The molecule has 0 N–H and O–H groups in total. The summed E-state index contributed by atoms with van der Waals surface area (Å²) >= 11 is 3.50. The van der Waals surface area contributed by atoms with Crippen molar-refractivity contribution in [1.82, 2.24) is 19.8 Å². The lowest BCUT2D eigenvalue weighted by Crippen LogP contribution is -2.50. The fourth-order valence-corrected chi connectivity index (χ4v) is 6.46. The number of piperazine rings is 1. The van der Waals surface area contributed by atoms with E-state index in [9.17, 15) is 4.79 Å². The maximum atomic E-state index is 13.5. The molecule has 1 saturated heterocycles. The van der Waals surface area contributed by atoms with Crippen molar-refractivity contribution in [2.45, 2.75) is 38.6 Å². The monoisotopic (exact) mass is 452 g/mol. The van der Waals surface area contributed by atoms with Crippen LogP contribution >= 0.6 is 22.7 Å². The zero-order valence-electron chi connectivity index (χ0n) is 17.9. The van der Waals surface area contributed by atoms with Gasteiger partial charge in [-0.1, -0.05) is 31.2 Å². The maximum absolute atomic E-state index is 13.5. The number of para-hydroxylation sites is 1. The fourth-order valence-electron chi connectivity index (χ4n) is 4.58. The minimum atomic E-state index is 0.00256. The molecule has 3 aromatic rings. The minimum Gasteiger partial charge on any atom is -0.340 e. The van der Waals surface area contributed by atoms with Crippen LogP contribution in [0, 0.1) is 5.92 Å². The summed E-state index contributed by atoms with van der Waals surface area (Å²) in [5, 5.41) is 4.49. The smallest absolute Gasteiger partial charge is 0.226 e. The molecule has 1 aromatic carbocycles. The van der Waals surface area contributed by atoms with Gasteiger partial charge in [0.05, 0.1) is 31.8 Å². The van der Waals surface area contributed by atoms with Crippen LogP contribution in [0.1, 0.15) is 41.4 Å². The molecule has 1 amide bonds. The number of allylic oxidation sites excluding steroid dienone is 2. The van der Waals surface area contributed by atoms with Gasteiger partial charge in [-0.25, -0.2) is 9.97 Å². The SMILES string of the molecule is CCc1nc(CN2CCN(C(=O)C3CC=CCC3c3nc4ccccc4s3)CC2)cs1. The van der Waals surface area contributed by atoms with E-state index in [0.29, 0.717) is 5.91 Å². The number of thiazole rings is 2. The van der Waals surface area contributed by atoms with Crippen LogP contribution < -0.4 is 0 Å². The summed E-state index contributed by atoms with van der Waals surface area (Å²) in [7, 11) is 0. The molecule has 0 bridgehead atoms. The number of benzene rings is 1. The Hall–Kier alpha value is -2.09. The Morgan fingerprint density at radius 2 is 1.90 bits per heavy atom. The van der Waals surface area contributed by atoms with Gasteiger partial charge in [-0.2, -0.15) is 0 Å². The van der Waals surface area contributed by atoms with Gasteiger partial charge in [0.25, 0.3) is 0 Å². The molecule has 2 unspecified atom stereocenters. The molecule has 5 nitrogen and oxygen atoms in total. The van der Waals surface area contributed by atoms with Crippen molar-refractivity contribution in [3.63, 3.8) is 0 Å². The van der Waals surface area contributed by atoms with Gasteiger partial charge in [0.2, 0.25) is 5.91 Å². The Morgan fingerprint density at radius 3 is 2.68 bits per heavy atom. The molecule has 1 fully saturated rings. The summed E-state index contributed by atoms with van der Waals surface area (Å²) in [5.74, 6) is 0.494. The average molecular weight is 453 g/mol. The summed E-state index contributed by atoms with van der Waals surface area (Å²) < 4.78 is 1.21. The molecule has 2 aromatic heterocycles. The van der Waals surface area contributed by atoms with Crippen molar-refractivity contribution in [2.75, 3.05) is 26.2 Å². The van der Waals surface area contributed by atoms with Crippen LogP contribution in [0.5, 0.6) is 0 Å². The number of amides is 1. The lowest BCUT2D eigenvalue weighted by atomic mass is 9.82. The highest BCUT2D eigenvalue weighted by Gasteiger charge is 2.35. The van der Waals surface area contributed by atoms with E-state index in [1.165, 1.54) is 9.71 Å². The van der Waals surface area contributed by atoms with Gasteiger partial charge in [0.15, 0.2) is 0 Å². The number of carbonyl (C=O) groups excluding carboxylic acids is 1. The van der Waals surface area contributed by atoms with Crippen LogP contribution in [0.4, 0.5) is 0 Å². The topological polar surface area (TPSA) is 49.3 Å². The van der Waals surface area contributed by atoms with Gasteiger partial charge in [-0.3, -0.25) is 9.69 Å². The van der Waals surface area contributed by atoms with Crippen molar-refractivity contribution in [3.05, 3.63) is 57.5 Å². The Balaban J connectivity index is 1.24. The lowest BCUT2D eigenvalue weighted by Gasteiger charge is -2.38. The Kier molecular flexibility index (Phi) is 6.16. The molecule has 1 aliphatic heterocycles. The summed E-state index contributed by atoms with van der Waals surface area (Å²) in [6.45, 7) is 6.47. The van der Waals surface area contributed by atoms with Gasteiger partial charge in [0, 0.05) is 44.0 Å². The van der Waals surface area contributed by atoms with Crippen LogP contribution in [0.25, 0.3) is 10.2 Å². The van der Waals surface area contributed by atoms with E-state index in [1.54, 1.807) is 22.7 Å². The van der Waals surface area contributed by atoms with E-state index in [-0.39, 0.29) is 11.8 Å². The molecule has 0 spiro atoms. The summed E-state index contributed by atoms with van der Waals surface area (Å²) in [6, 6.07) is 8.28. The normalized spacial score (nSPS) is 22.3. The first-order valence-corrected chi connectivity index (χ1v) is 12.9. The first-order chi connectivity index (χ1) is 15.2. The van der Waals surface area contributed by atoms with Crippen molar-refractivity contribution in [2.24, 2.45) is 5.92 Å². The summed E-state index contributed by atoms with van der Waals surface area (Å²) in [4.78, 5) is 27.6. The number of hydrogen-bond donors (Lipinski definition) is 0. The van der Waals surface area contributed by atoms with E-state index in [0.717, 1.165) is 68.2 Å². The fraction of sp³-hybridized carbons (Fsp3) is 0.458. The third-order valence-electron chi connectivity index (χ3n) is 6.35. The molecule has 162 valence electrons. The van der Waals surface area contributed by atoms with Gasteiger partial charge in [-0.05, 0) is 31.4 Å². The maximum Gasteiger partial charge on any atom is 0.226 e. The van der Waals surface area contributed by atoms with Gasteiger partial charge in [-0.15, -0.1) is 22.7 Å². The Labute approximate surface area is 191 Å². The van der Waals surface area contributed by atoms with Crippen LogP contribution in [0.2, 0.25) is 0 Å². The molecule has 3 heterocycles. The number of carbonyl (C=O) groups is 1. The third kappa shape index (κ3) is 4.45. The second-order valence-corrected chi connectivity index (χ2v) is 10.4. The predicted octanol–water partition coefficient (Wildman–Crippen LogP) is 4.71. The molecule has 0 radical (unpaired) electrons. The van der Waals surface area contributed by atoms with E-state index in [4.69, 9.17) is 9.97 Å². The van der Waals surface area contributed by atoms with Crippen molar-refractivity contribution >= 4 is 38.8 Å². The highest BCUT2D eigenvalue weighted by Crippen LogP contribution is 2.39. The number of hydrogen-bond acceptors (Lipinski definition) is 6. The molecule has 0 saturated carbocycles. The molecule has 31 heavy (non-hydrogen) atoms. The number of fused-ring (bicyclic) bond motifs is 1. The van der Waals surface area contributed by atoms with Crippen LogP contribution in [0.3, 0.4) is 0 Å². The first-order valence-electron chi connectivity index (χ1n) is 11.2. The predicted molar refractivity (Wildman–Crippen MR) is 128 cm³/mol. The number of aryl methyl sites for hydroxylation is 1. The standard InChI is InChI=1S/C24H28N4OS2/c1-2-22-25-17(16-30-22)15-27-11-13-28(14-12-27)24(29)19-8-4-3-7-18(19)23-26-20-9-5-6-10-21(20)31-23/h3-6,9-10,16,18-19H,2,7-8,11-15H2,1H3. The van der Waals surface area contributed by atoms with Gasteiger partial charge < -0.3 is 4.90 Å². The van der Waals surface area contributed by atoms with Gasteiger partial charge >= 0.3 is 0 Å². The molecule has 2 atom stereocenters. The summed E-state index contributed by atoms with van der Waals surface area (Å²) in [6.07, 6.45) is 7.11. The minimum absolute atomic E-state index is 0.00256. The number of nitrogens with zero attached hydrogens (tertiary/aromatic N) is 4.